The van der Waals surface area contributed by atoms with E-state index in [1.54, 1.807) is 18.2 Å². The quantitative estimate of drug-likeness (QED) is 0.475. The van der Waals surface area contributed by atoms with E-state index in [2.05, 4.69) is 6.92 Å². The molecule has 4 nitrogen and oxygen atoms in total. The molecular weight excluding hydrogens is 356 g/mol. The fourth-order valence-electron chi connectivity index (χ4n) is 3.48. The zero-order valence-corrected chi connectivity index (χ0v) is 17.5. The lowest BCUT2D eigenvalue weighted by Gasteiger charge is -2.05. The molecule has 0 spiro atoms. The van der Waals surface area contributed by atoms with Crippen LogP contribution in [0, 0.1) is 45.3 Å². The largest absolute Gasteiger partial charge is 0.192 e. The maximum atomic E-state index is 9.22. The maximum Gasteiger partial charge on any atom is 0.137 e. The van der Waals surface area contributed by atoms with Crippen molar-refractivity contribution in [2.45, 2.75) is 84.0 Å². The lowest BCUT2D eigenvalue weighted by Crippen LogP contribution is -2.18. The minimum Gasteiger partial charge on any atom is -0.192 e. The Morgan fingerprint density at radius 3 is 1.62 bits per heavy atom. The molecule has 4 heteroatoms. The van der Waals surface area contributed by atoms with E-state index in [0.29, 0.717) is 10.4 Å². The van der Waals surface area contributed by atoms with Crippen LogP contribution in [0.1, 0.15) is 83.1 Å². The molecule has 0 N–H and O–H groups in total. The van der Waals surface area contributed by atoms with Gasteiger partial charge in [0.05, 0.1) is 0 Å². The SMILES string of the molecule is CCCCCCCCCCCCCc1cc(=C(C#N)C#N)ccc1=C(C#N)C#N. The first-order valence-corrected chi connectivity index (χ1v) is 10.7. The average molecular weight is 387 g/mol. The molecule has 0 bridgehead atoms. The highest BCUT2D eigenvalue weighted by atomic mass is 14.3. The fourth-order valence-corrected chi connectivity index (χ4v) is 3.48. The average Bonchev–Trinajstić information content (AvgIpc) is 2.75. The van der Waals surface area contributed by atoms with Gasteiger partial charge in [0.15, 0.2) is 0 Å². The Labute approximate surface area is 175 Å². The number of nitrogens with zero attached hydrogens (tertiary/aromatic N) is 4. The van der Waals surface area contributed by atoms with Crippen molar-refractivity contribution in [3.8, 4) is 24.3 Å². The highest BCUT2D eigenvalue weighted by Crippen LogP contribution is 2.12. The van der Waals surface area contributed by atoms with Gasteiger partial charge in [-0.25, -0.2) is 0 Å². The minimum atomic E-state index is 0.0483. The Hall–Kier alpha value is -3.08. The molecule has 0 aliphatic rings. The van der Waals surface area contributed by atoms with Crippen LogP contribution in [0.5, 0.6) is 0 Å². The van der Waals surface area contributed by atoms with Crippen molar-refractivity contribution in [2.75, 3.05) is 0 Å². The van der Waals surface area contributed by atoms with Crippen molar-refractivity contribution in [1.29, 1.82) is 21.0 Å². The summed E-state index contributed by atoms with van der Waals surface area (Å²) in [5.41, 5.74) is 0.983. The summed E-state index contributed by atoms with van der Waals surface area (Å²) in [4.78, 5) is 0. The van der Waals surface area contributed by atoms with Gasteiger partial charge in [0.2, 0.25) is 0 Å². The molecule has 150 valence electrons. The van der Waals surface area contributed by atoms with Crippen LogP contribution in [-0.2, 0) is 6.42 Å². The Bertz CT molecular complexity index is 897. The van der Waals surface area contributed by atoms with Gasteiger partial charge in [0.25, 0.3) is 0 Å². The van der Waals surface area contributed by atoms with E-state index < -0.39 is 0 Å². The number of benzene rings is 1. The van der Waals surface area contributed by atoms with Crippen LogP contribution in [0.4, 0.5) is 0 Å². The van der Waals surface area contributed by atoms with Crippen molar-refractivity contribution in [3.63, 3.8) is 0 Å². The van der Waals surface area contributed by atoms with E-state index in [1.165, 1.54) is 57.8 Å². The Morgan fingerprint density at radius 1 is 0.655 bits per heavy atom. The van der Waals surface area contributed by atoms with Crippen LogP contribution in [0.25, 0.3) is 11.1 Å². The van der Waals surface area contributed by atoms with Gasteiger partial charge in [-0.1, -0.05) is 83.3 Å². The smallest absolute Gasteiger partial charge is 0.137 e. The number of aryl methyl sites for hydroxylation is 1. The van der Waals surface area contributed by atoms with Crippen LogP contribution in [0.2, 0.25) is 0 Å². The number of unbranched alkanes of at least 4 members (excludes halogenated alkanes) is 10. The first-order valence-electron chi connectivity index (χ1n) is 10.7. The van der Waals surface area contributed by atoms with Gasteiger partial charge in [-0.3, -0.25) is 0 Å². The number of hydrogen-bond acceptors (Lipinski definition) is 4. The van der Waals surface area contributed by atoms with E-state index in [-0.39, 0.29) is 11.1 Å². The third kappa shape index (κ3) is 8.64. The monoisotopic (exact) mass is 386 g/mol. The predicted molar refractivity (Wildman–Crippen MR) is 115 cm³/mol. The normalized spacial score (nSPS) is 9.69. The second-order valence-electron chi connectivity index (χ2n) is 7.35. The summed E-state index contributed by atoms with van der Waals surface area (Å²) >= 11 is 0. The summed E-state index contributed by atoms with van der Waals surface area (Å²) in [5.74, 6) is 0. The van der Waals surface area contributed by atoms with E-state index in [1.807, 2.05) is 24.3 Å². The molecule has 0 unspecified atom stereocenters. The van der Waals surface area contributed by atoms with Crippen LogP contribution >= 0.6 is 0 Å². The molecule has 1 rings (SSSR count). The topological polar surface area (TPSA) is 95.2 Å². The molecule has 0 radical (unpaired) electrons. The lowest BCUT2D eigenvalue weighted by atomic mass is 9.99. The first kappa shape index (κ1) is 24.0. The number of rotatable bonds is 12. The molecule has 0 aromatic heterocycles. The third-order valence-electron chi connectivity index (χ3n) is 5.16. The molecule has 1 aromatic carbocycles. The standard InChI is InChI=1S/C25H30N4/c1-2-3-4-5-6-7-8-9-10-11-12-13-22-16-21(23(17-26)18-27)14-15-25(22)24(19-28)20-29/h14-16H,2-13H2,1H3. The lowest BCUT2D eigenvalue weighted by molar-refractivity contribution is 0.549. The molecule has 0 saturated heterocycles. The van der Waals surface area contributed by atoms with Crippen molar-refractivity contribution >= 4 is 11.1 Å². The number of hydrogen-bond donors (Lipinski definition) is 0. The molecule has 0 aliphatic carbocycles. The second kappa shape index (κ2) is 14.9. The Kier molecular flexibility index (Phi) is 12.3. The third-order valence-corrected chi connectivity index (χ3v) is 5.16. The van der Waals surface area contributed by atoms with Gasteiger partial charge in [0.1, 0.15) is 35.4 Å². The zero-order chi connectivity index (χ0) is 21.3. The molecule has 0 heterocycles. The van der Waals surface area contributed by atoms with E-state index in [0.717, 1.165) is 24.8 Å². The fraction of sp³-hybridized carbons (Fsp3) is 0.520. The van der Waals surface area contributed by atoms with Crippen LogP contribution in [0.15, 0.2) is 18.2 Å². The number of nitriles is 4. The van der Waals surface area contributed by atoms with Gasteiger partial charge in [-0.05, 0) is 24.5 Å². The summed E-state index contributed by atoms with van der Waals surface area (Å²) in [6, 6.07) is 12.8. The maximum absolute atomic E-state index is 9.22. The summed E-state index contributed by atoms with van der Waals surface area (Å²) in [7, 11) is 0. The molecule has 0 atom stereocenters. The van der Waals surface area contributed by atoms with Crippen LogP contribution < -0.4 is 10.4 Å². The Balaban J connectivity index is 2.64. The van der Waals surface area contributed by atoms with E-state index in [4.69, 9.17) is 10.5 Å². The molecule has 1 aromatic rings. The summed E-state index contributed by atoms with van der Waals surface area (Å²) in [6.07, 6.45) is 14.5. The van der Waals surface area contributed by atoms with Gasteiger partial charge in [-0.15, -0.1) is 0 Å². The minimum absolute atomic E-state index is 0.0483. The summed E-state index contributed by atoms with van der Waals surface area (Å²) < 4.78 is 0. The summed E-state index contributed by atoms with van der Waals surface area (Å²) in [6.45, 7) is 2.24. The van der Waals surface area contributed by atoms with Gasteiger partial charge < -0.3 is 0 Å². The van der Waals surface area contributed by atoms with Gasteiger partial charge in [0, 0.05) is 10.4 Å². The van der Waals surface area contributed by atoms with Crippen molar-refractivity contribution in [3.05, 3.63) is 34.2 Å². The van der Waals surface area contributed by atoms with Crippen molar-refractivity contribution in [1.82, 2.24) is 0 Å². The molecule has 0 fully saturated rings. The van der Waals surface area contributed by atoms with E-state index >= 15 is 0 Å². The van der Waals surface area contributed by atoms with Crippen LogP contribution in [-0.4, -0.2) is 0 Å². The van der Waals surface area contributed by atoms with E-state index in [9.17, 15) is 10.5 Å². The highest BCUT2D eigenvalue weighted by molar-refractivity contribution is 5.75. The molecule has 0 aliphatic heterocycles. The zero-order valence-electron chi connectivity index (χ0n) is 17.5. The first-order chi connectivity index (χ1) is 14.2. The van der Waals surface area contributed by atoms with Crippen molar-refractivity contribution in [2.24, 2.45) is 0 Å². The molecular formula is C25H30N4. The Morgan fingerprint density at radius 2 is 1.14 bits per heavy atom. The second-order valence-corrected chi connectivity index (χ2v) is 7.35. The summed E-state index contributed by atoms with van der Waals surface area (Å²) in [5, 5.41) is 37.8. The molecule has 0 amide bonds. The highest BCUT2D eigenvalue weighted by Gasteiger charge is 2.04. The van der Waals surface area contributed by atoms with Gasteiger partial charge >= 0.3 is 0 Å². The molecule has 0 saturated carbocycles. The molecule has 29 heavy (non-hydrogen) atoms. The van der Waals surface area contributed by atoms with Crippen LogP contribution in [0.3, 0.4) is 0 Å². The van der Waals surface area contributed by atoms with Crippen molar-refractivity contribution < 1.29 is 0 Å². The van der Waals surface area contributed by atoms with Gasteiger partial charge in [-0.2, -0.15) is 21.0 Å². The predicted octanol–water partition coefficient (Wildman–Crippen LogP) is 4.94.